The summed E-state index contributed by atoms with van der Waals surface area (Å²) in [6.07, 6.45) is 0. The maximum atomic E-state index is 2.36. The molecule has 84 valence electrons. The molecule has 0 bridgehead atoms. The molecule has 0 heteroatoms. The predicted octanol–water partition coefficient (Wildman–Crippen LogP) is 4.86. The van der Waals surface area contributed by atoms with Crippen molar-refractivity contribution in [2.45, 2.75) is 60.3 Å². The molecule has 1 rings (SSSR count). The third-order valence-electron chi connectivity index (χ3n) is 3.40. The molecule has 0 aliphatic carbocycles. The molecule has 0 unspecified atom stereocenters. The van der Waals surface area contributed by atoms with Crippen LogP contribution in [0.25, 0.3) is 0 Å². The van der Waals surface area contributed by atoms with Crippen LogP contribution < -0.4 is 0 Å². The topological polar surface area (TPSA) is 0 Å². The summed E-state index contributed by atoms with van der Waals surface area (Å²) in [5, 5.41) is 0. The Balaban J connectivity index is 3.49. The fourth-order valence-corrected chi connectivity index (χ4v) is 2.56. The Morgan fingerprint density at radius 2 is 1.33 bits per heavy atom. The van der Waals surface area contributed by atoms with Crippen molar-refractivity contribution in [1.82, 2.24) is 0 Å². The molecule has 0 nitrogen and oxygen atoms in total. The van der Waals surface area contributed by atoms with E-state index in [2.05, 4.69) is 54.5 Å². The zero-order valence-electron chi connectivity index (χ0n) is 11.2. The quantitative estimate of drug-likeness (QED) is 0.645. The van der Waals surface area contributed by atoms with E-state index in [4.69, 9.17) is 0 Å². The van der Waals surface area contributed by atoms with Gasteiger partial charge in [-0.1, -0.05) is 33.8 Å². The average molecular weight is 204 g/mol. The van der Waals surface area contributed by atoms with Crippen LogP contribution in [-0.4, -0.2) is 0 Å². The Morgan fingerprint density at radius 1 is 0.800 bits per heavy atom. The minimum atomic E-state index is 0.627. The lowest BCUT2D eigenvalue weighted by Crippen LogP contribution is -2.04. The van der Waals surface area contributed by atoms with Gasteiger partial charge in [-0.2, -0.15) is 0 Å². The zero-order chi connectivity index (χ0) is 11.7. The van der Waals surface area contributed by atoms with Crippen LogP contribution >= 0.6 is 0 Å². The minimum Gasteiger partial charge on any atom is -0.0587 e. The molecule has 1 aromatic carbocycles. The van der Waals surface area contributed by atoms with Crippen LogP contribution in [0.4, 0.5) is 0 Å². The van der Waals surface area contributed by atoms with E-state index >= 15 is 0 Å². The lowest BCUT2D eigenvalue weighted by atomic mass is 9.84. The summed E-state index contributed by atoms with van der Waals surface area (Å²) in [4.78, 5) is 0. The lowest BCUT2D eigenvalue weighted by molar-refractivity contribution is 0.806. The van der Waals surface area contributed by atoms with Gasteiger partial charge in [0.2, 0.25) is 0 Å². The highest BCUT2D eigenvalue weighted by Crippen LogP contribution is 2.31. The van der Waals surface area contributed by atoms with Crippen LogP contribution in [0.3, 0.4) is 0 Å². The van der Waals surface area contributed by atoms with Crippen molar-refractivity contribution in [3.8, 4) is 0 Å². The predicted molar refractivity (Wildman–Crippen MR) is 68.8 cm³/mol. The molecule has 0 amide bonds. The molecular formula is C15H24. The van der Waals surface area contributed by atoms with Gasteiger partial charge in [-0.25, -0.2) is 0 Å². The smallest absolute Gasteiger partial charge is 0.0213 e. The standard InChI is InChI=1S/C15H24/c1-9(2)14-8-11(5)12(6)15(10(3)4)13(14)7/h8-10H,1-7H3. The van der Waals surface area contributed by atoms with Gasteiger partial charge in [0.05, 0.1) is 0 Å². The minimum absolute atomic E-state index is 0.627. The summed E-state index contributed by atoms with van der Waals surface area (Å²) >= 11 is 0. The van der Waals surface area contributed by atoms with Crippen LogP contribution in [0.1, 0.15) is 67.3 Å². The molecule has 0 saturated heterocycles. The van der Waals surface area contributed by atoms with E-state index in [1.54, 1.807) is 5.56 Å². The number of hydrogen-bond donors (Lipinski definition) is 0. The SMILES string of the molecule is Cc1cc(C(C)C)c(C)c(C(C)C)c1C. The fraction of sp³-hybridized carbons (Fsp3) is 0.600. The fourth-order valence-electron chi connectivity index (χ4n) is 2.56. The first-order valence-electron chi connectivity index (χ1n) is 5.96. The summed E-state index contributed by atoms with van der Waals surface area (Å²) < 4.78 is 0. The first kappa shape index (κ1) is 12.3. The van der Waals surface area contributed by atoms with E-state index in [0.29, 0.717) is 11.8 Å². The first-order valence-corrected chi connectivity index (χ1v) is 5.96. The van der Waals surface area contributed by atoms with Gasteiger partial charge in [-0.3, -0.25) is 0 Å². The number of aryl methyl sites for hydroxylation is 1. The molecule has 0 heterocycles. The third-order valence-corrected chi connectivity index (χ3v) is 3.40. The molecule has 15 heavy (non-hydrogen) atoms. The summed E-state index contributed by atoms with van der Waals surface area (Å²) in [5.74, 6) is 1.25. The maximum absolute atomic E-state index is 2.36. The van der Waals surface area contributed by atoms with Gasteiger partial charge >= 0.3 is 0 Å². The van der Waals surface area contributed by atoms with Crippen molar-refractivity contribution in [2.24, 2.45) is 0 Å². The molecule has 0 saturated carbocycles. The largest absolute Gasteiger partial charge is 0.0587 e. The Labute approximate surface area is 94.7 Å². The van der Waals surface area contributed by atoms with Crippen molar-refractivity contribution in [2.75, 3.05) is 0 Å². The zero-order valence-corrected chi connectivity index (χ0v) is 11.2. The molecular weight excluding hydrogens is 180 g/mol. The van der Waals surface area contributed by atoms with E-state index in [9.17, 15) is 0 Å². The molecule has 0 fully saturated rings. The van der Waals surface area contributed by atoms with Gasteiger partial charge in [0.25, 0.3) is 0 Å². The second kappa shape index (κ2) is 4.38. The van der Waals surface area contributed by atoms with Gasteiger partial charge < -0.3 is 0 Å². The van der Waals surface area contributed by atoms with Crippen molar-refractivity contribution in [1.29, 1.82) is 0 Å². The van der Waals surface area contributed by atoms with Gasteiger partial charge in [0, 0.05) is 0 Å². The van der Waals surface area contributed by atoms with Gasteiger partial charge in [-0.15, -0.1) is 0 Å². The van der Waals surface area contributed by atoms with Crippen molar-refractivity contribution in [3.05, 3.63) is 33.9 Å². The second-order valence-electron chi connectivity index (χ2n) is 5.26. The van der Waals surface area contributed by atoms with Crippen molar-refractivity contribution < 1.29 is 0 Å². The number of rotatable bonds is 2. The van der Waals surface area contributed by atoms with Crippen LogP contribution in [0.2, 0.25) is 0 Å². The van der Waals surface area contributed by atoms with Crippen molar-refractivity contribution in [3.63, 3.8) is 0 Å². The molecule has 0 aromatic heterocycles. The highest BCUT2D eigenvalue weighted by Gasteiger charge is 2.14. The highest BCUT2D eigenvalue weighted by atomic mass is 14.2. The third kappa shape index (κ3) is 2.25. The highest BCUT2D eigenvalue weighted by molar-refractivity contribution is 5.47. The van der Waals surface area contributed by atoms with E-state index in [0.717, 1.165) is 0 Å². The van der Waals surface area contributed by atoms with Crippen LogP contribution in [0.15, 0.2) is 6.07 Å². The summed E-state index contributed by atoms with van der Waals surface area (Å²) in [6, 6.07) is 2.36. The molecule has 0 spiro atoms. The van der Waals surface area contributed by atoms with E-state index in [-0.39, 0.29) is 0 Å². The van der Waals surface area contributed by atoms with Crippen molar-refractivity contribution >= 4 is 0 Å². The summed E-state index contributed by atoms with van der Waals surface area (Å²) in [7, 11) is 0. The summed E-state index contributed by atoms with van der Waals surface area (Å²) in [6.45, 7) is 15.9. The molecule has 0 aliphatic heterocycles. The van der Waals surface area contributed by atoms with Crippen LogP contribution in [0, 0.1) is 20.8 Å². The molecule has 0 aliphatic rings. The average Bonchev–Trinajstić information content (AvgIpc) is 2.10. The lowest BCUT2D eigenvalue weighted by Gasteiger charge is -2.21. The Hall–Kier alpha value is -0.780. The summed E-state index contributed by atoms with van der Waals surface area (Å²) in [5.41, 5.74) is 7.49. The Morgan fingerprint density at radius 3 is 1.73 bits per heavy atom. The number of benzene rings is 1. The molecule has 0 radical (unpaired) electrons. The normalized spacial score (nSPS) is 11.5. The second-order valence-corrected chi connectivity index (χ2v) is 5.26. The van der Waals surface area contributed by atoms with Gasteiger partial charge in [0.15, 0.2) is 0 Å². The van der Waals surface area contributed by atoms with Crippen LogP contribution in [-0.2, 0) is 0 Å². The first-order chi connectivity index (χ1) is 6.86. The van der Waals surface area contributed by atoms with E-state index < -0.39 is 0 Å². The molecule has 0 atom stereocenters. The number of hydrogen-bond acceptors (Lipinski definition) is 0. The van der Waals surface area contributed by atoms with E-state index in [1.807, 2.05) is 0 Å². The molecule has 1 aromatic rings. The Kier molecular flexibility index (Phi) is 3.59. The molecule has 0 N–H and O–H groups in total. The van der Waals surface area contributed by atoms with E-state index in [1.165, 1.54) is 22.3 Å². The van der Waals surface area contributed by atoms with Gasteiger partial charge in [0.1, 0.15) is 0 Å². The Bertz CT molecular complexity index is 357. The monoisotopic (exact) mass is 204 g/mol. The van der Waals surface area contributed by atoms with Crippen LogP contribution in [0.5, 0.6) is 0 Å². The maximum Gasteiger partial charge on any atom is -0.0213 e. The van der Waals surface area contributed by atoms with Gasteiger partial charge in [-0.05, 0) is 60.4 Å².